The maximum Gasteiger partial charge on any atom is 0.222 e. The average molecular weight is 602 g/mol. The zero-order chi connectivity index (χ0) is 30.7. The monoisotopic (exact) mass is 601 g/mol. The molecule has 4 N–H and O–H groups in total. The lowest BCUT2D eigenvalue weighted by atomic mass is 10.0. The van der Waals surface area contributed by atoms with E-state index in [1.807, 2.05) is 6.08 Å². The van der Waals surface area contributed by atoms with Crippen LogP contribution in [0, 0.1) is 11.8 Å². The Kier molecular flexibility index (Phi) is 27.5. The number of carbonyl (C=O) groups is 1. The zero-order valence-electron chi connectivity index (χ0n) is 27.2. The number of unbranched alkanes of at least 4 members (excludes halogenated alkanes) is 15. The third-order valence-electron chi connectivity index (χ3n) is 7.81. The maximum atomic E-state index is 12.5. The van der Waals surface area contributed by atoms with Crippen molar-refractivity contribution in [2.75, 3.05) is 5.75 Å². The van der Waals surface area contributed by atoms with Crippen molar-refractivity contribution in [3.05, 3.63) is 12.2 Å². The van der Waals surface area contributed by atoms with Crippen molar-refractivity contribution in [2.24, 2.45) is 11.8 Å². The number of nitrogens with one attached hydrogen (secondary N) is 1. The van der Waals surface area contributed by atoms with Crippen LogP contribution in [-0.4, -0.2) is 48.9 Å². The highest BCUT2D eigenvalue weighted by Crippen LogP contribution is 2.15. The van der Waals surface area contributed by atoms with Crippen LogP contribution in [0.1, 0.15) is 163 Å². The highest BCUT2D eigenvalue weighted by Gasteiger charge is 2.22. The largest absolute Gasteiger partial charge is 0.393 e. The molecule has 244 valence electrons. The number of amides is 1. The number of aliphatic hydroxyl groups excluding tert-OH is 2. The lowest BCUT2D eigenvalue weighted by Gasteiger charge is -2.21. The molecule has 6 nitrogen and oxygen atoms in total. The minimum Gasteiger partial charge on any atom is -0.393 e. The van der Waals surface area contributed by atoms with Gasteiger partial charge in [0.2, 0.25) is 5.91 Å². The van der Waals surface area contributed by atoms with E-state index in [2.05, 4.69) is 33.0 Å². The van der Waals surface area contributed by atoms with E-state index < -0.39 is 35.2 Å². The fourth-order valence-corrected chi connectivity index (χ4v) is 5.79. The number of rotatable bonds is 29. The molecule has 0 bridgehead atoms. The second-order valence-corrected chi connectivity index (χ2v) is 14.0. The highest BCUT2D eigenvalue weighted by atomic mass is 32.2. The van der Waals surface area contributed by atoms with E-state index in [1.54, 1.807) is 6.08 Å². The van der Waals surface area contributed by atoms with Gasteiger partial charge in [-0.25, -0.2) is 4.21 Å². The van der Waals surface area contributed by atoms with Gasteiger partial charge in [0.1, 0.15) is 0 Å². The first-order valence-electron chi connectivity index (χ1n) is 17.0. The van der Waals surface area contributed by atoms with Crippen LogP contribution in [0.2, 0.25) is 0 Å². The first-order valence-corrected chi connectivity index (χ1v) is 18.3. The van der Waals surface area contributed by atoms with Gasteiger partial charge in [0.05, 0.1) is 30.4 Å². The Bertz CT molecular complexity index is 655. The summed E-state index contributed by atoms with van der Waals surface area (Å²) in [7, 11) is 0. The minimum absolute atomic E-state index is 0.0567. The highest BCUT2D eigenvalue weighted by molar-refractivity contribution is 7.79. The molecule has 0 aromatic rings. The molecule has 0 aliphatic carbocycles. The van der Waals surface area contributed by atoms with Gasteiger partial charge < -0.3 is 20.1 Å². The van der Waals surface area contributed by atoms with Gasteiger partial charge in [-0.3, -0.25) is 4.79 Å². The van der Waals surface area contributed by atoms with Crippen molar-refractivity contribution in [1.29, 1.82) is 0 Å². The summed E-state index contributed by atoms with van der Waals surface area (Å²) in [5.74, 6) is 0.956. The lowest BCUT2D eigenvalue weighted by Crippen LogP contribution is -2.46. The summed E-state index contributed by atoms with van der Waals surface area (Å²) in [5.41, 5.74) is 0. The molecular formula is C34H67NO5S. The van der Waals surface area contributed by atoms with E-state index in [4.69, 9.17) is 0 Å². The SMILES string of the molecule is CC(C)CCCCCCCCC/C=C/[C@@H](O)[C@H](CS(=O)O)NC(=O)C[C@H](O)CCCCCCCCCCCC(C)C. The van der Waals surface area contributed by atoms with Crippen molar-refractivity contribution in [1.82, 2.24) is 5.32 Å². The Morgan fingerprint density at radius 1 is 0.683 bits per heavy atom. The predicted octanol–water partition coefficient (Wildman–Crippen LogP) is 8.48. The van der Waals surface area contributed by atoms with Gasteiger partial charge in [-0.1, -0.05) is 149 Å². The molecule has 0 rings (SSSR count). The molecule has 0 aliphatic rings. The van der Waals surface area contributed by atoms with Crippen LogP contribution in [0.25, 0.3) is 0 Å². The summed E-state index contributed by atoms with van der Waals surface area (Å²) >= 11 is -2.15. The van der Waals surface area contributed by atoms with Gasteiger partial charge in [0.15, 0.2) is 11.1 Å². The molecule has 0 aromatic carbocycles. The Balaban J connectivity index is 4.03. The van der Waals surface area contributed by atoms with Crippen LogP contribution in [-0.2, 0) is 15.9 Å². The predicted molar refractivity (Wildman–Crippen MR) is 175 cm³/mol. The number of hydrogen-bond donors (Lipinski definition) is 4. The lowest BCUT2D eigenvalue weighted by molar-refractivity contribution is -0.124. The van der Waals surface area contributed by atoms with Gasteiger partial charge in [-0.15, -0.1) is 0 Å². The maximum absolute atomic E-state index is 12.5. The second-order valence-electron chi connectivity index (χ2n) is 13.0. The molecule has 0 radical (unpaired) electrons. The van der Waals surface area contributed by atoms with Crippen molar-refractivity contribution >= 4 is 17.0 Å². The summed E-state index contributed by atoms with van der Waals surface area (Å²) in [6.45, 7) is 9.11. The summed E-state index contributed by atoms with van der Waals surface area (Å²) in [5, 5.41) is 23.5. The van der Waals surface area contributed by atoms with Gasteiger partial charge in [-0.05, 0) is 31.1 Å². The first-order chi connectivity index (χ1) is 19.6. The molecular weight excluding hydrogens is 534 g/mol. The third kappa shape index (κ3) is 29.1. The van der Waals surface area contributed by atoms with E-state index in [1.165, 1.54) is 83.5 Å². The minimum atomic E-state index is -2.15. The summed E-state index contributed by atoms with van der Waals surface area (Å²) in [6, 6.07) is -0.854. The normalized spacial score (nSPS) is 15.0. The molecule has 0 fully saturated rings. The Labute approximate surface area is 256 Å². The fourth-order valence-electron chi connectivity index (χ4n) is 5.20. The summed E-state index contributed by atoms with van der Waals surface area (Å²) in [4.78, 5) is 12.5. The van der Waals surface area contributed by atoms with Crippen LogP contribution in [0.3, 0.4) is 0 Å². The Morgan fingerprint density at radius 2 is 1.10 bits per heavy atom. The van der Waals surface area contributed by atoms with Gasteiger partial charge in [0.25, 0.3) is 0 Å². The average Bonchev–Trinajstić information content (AvgIpc) is 2.89. The smallest absolute Gasteiger partial charge is 0.222 e. The molecule has 0 spiro atoms. The topological polar surface area (TPSA) is 107 Å². The fraction of sp³-hybridized carbons (Fsp3) is 0.912. The van der Waals surface area contributed by atoms with Crippen LogP contribution in [0.4, 0.5) is 0 Å². The number of carbonyl (C=O) groups excluding carboxylic acids is 1. The van der Waals surface area contributed by atoms with E-state index in [0.717, 1.165) is 50.4 Å². The molecule has 0 saturated carbocycles. The van der Waals surface area contributed by atoms with Gasteiger partial charge >= 0.3 is 0 Å². The summed E-state index contributed by atoms with van der Waals surface area (Å²) < 4.78 is 20.8. The molecule has 0 heterocycles. The molecule has 1 amide bonds. The van der Waals surface area contributed by atoms with E-state index in [0.29, 0.717) is 6.42 Å². The summed E-state index contributed by atoms with van der Waals surface area (Å²) in [6.07, 6.45) is 25.3. The molecule has 4 atom stereocenters. The quantitative estimate of drug-likeness (QED) is 0.0391. The van der Waals surface area contributed by atoms with E-state index in [9.17, 15) is 23.8 Å². The van der Waals surface area contributed by atoms with Crippen LogP contribution < -0.4 is 5.32 Å². The van der Waals surface area contributed by atoms with Crippen LogP contribution in [0.5, 0.6) is 0 Å². The number of allylic oxidation sites excluding steroid dienone is 1. The molecule has 1 unspecified atom stereocenters. The van der Waals surface area contributed by atoms with Gasteiger partial charge in [0, 0.05) is 0 Å². The molecule has 41 heavy (non-hydrogen) atoms. The Hall–Kier alpha value is -0.760. The standard InChI is InChI=1S/C34H67NO5S/c1-29(2)23-19-15-11-7-5-9-13-17-21-25-31(36)27-34(38)35-32(28-41(39)40)33(37)26-22-18-14-10-6-8-12-16-20-24-30(3)4/h22,26,29-33,36-37H,5-21,23-25,27-28H2,1-4H3,(H,35,38)(H,39,40)/b26-22+/t31-,32+,33-/m1/s1. The number of aliphatic hydroxyl groups is 2. The van der Waals surface area contributed by atoms with E-state index in [-0.39, 0.29) is 12.2 Å². The Morgan fingerprint density at radius 3 is 1.54 bits per heavy atom. The van der Waals surface area contributed by atoms with Crippen LogP contribution in [0.15, 0.2) is 12.2 Å². The van der Waals surface area contributed by atoms with Gasteiger partial charge in [-0.2, -0.15) is 0 Å². The van der Waals surface area contributed by atoms with Crippen molar-refractivity contribution in [3.63, 3.8) is 0 Å². The molecule has 7 heteroatoms. The van der Waals surface area contributed by atoms with Crippen molar-refractivity contribution < 1.29 is 23.8 Å². The van der Waals surface area contributed by atoms with E-state index >= 15 is 0 Å². The van der Waals surface area contributed by atoms with Crippen molar-refractivity contribution in [3.8, 4) is 0 Å². The zero-order valence-corrected chi connectivity index (χ0v) is 28.0. The number of hydrogen-bond acceptors (Lipinski definition) is 4. The van der Waals surface area contributed by atoms with Crippen LogP contribution >= 0.6 is 0 Å². The third-order valence-corrected chi connectivity index (χ3v) is 8.45. The van der Waals surface area contributed by atoms with Crippen molar-refractivity contribution in [2.45, 2.75) is 181 Å². The first kappa shape index (κ1) is 40.2. The molecule has 0 saturated heterocycles. The molecule has 0 aromatic heterocycles. The second kappa shape index (κ2) is 28.0. The molecule has 0 aliphatic heterocycles.